The van der Waals surface area contributed by atoms with Gasteiger partial charge >= 0.3 is 6.09 Å². The first-order valence-corrected chi connectivity index (χ1v) is 9.05. The largest absolute Gasteiger partial charge is 0.450 e. The van der Waals surface area contributed by atoms with Crippen LogP contribution in [0, 0.1) is 0 Å². The van der Waals surface area contributed by atoms with E-state index in [0.29, 0.717) is 38.5 Å². The zero-order valence-electron chi connectivity index (χ0n) is 14.8. The number of benzene rings is 1. The summed E-state index contributed by atoms with van der Waals surface area (Å²) in [7, 11) is 0. The lowest BCUT2D eigenvalue weighted by Gasteiger charge is -2.34. The molecule has 1 saturated heterocycles. The van der Waals surface area contributed by atoms with Crippen molar-refractivity contribution in [1.29, 1.82) is 0 Å². The topological polar surface area (TPSA) is 78.5 Å². The Morgan fingerprint density at radius 2 is 1.85 bits per heavy atom. The molecule has 2 heterocycles. The van der Waals surface area contributed by atoms with Gasteiger partial charge < -0.3 is 14.5 Å². The van der Waals surface area contributed by atoms with Gasteiger partial charge in [-0.15, -0.1) is 0 Å². The molecule has 7 nitrogen and oxygen atoms in total. The van der Waals surface area contributed by atoms with Crippen LogP contribution in [0.15, 0.2) is 24.3 Å². The molecular weight excluding hydrogens is 332 g/mol. The third-order valence-corrected chi connectivity index (χ3v) is 5.09. The second kappa shape index (κ2) is 6.82. The molecule has 1 aliphatic carbocycles. The predicted molar refractivity (Wildman–Crippen MR) is 95.9 cm³/mol. The van der Waals surface area contributed by atoms with E-state index in [0.717, 1.165) is 29.7 Å². The van der Waals surface area contributed by atoms with Crippen molar-refractivity contribution in [2.45, 2.75) is 19.8 Å². The zero-order valence-corrected chi connectivity index (χ0v) is 14.8. The Kier molecular flexibility index (Phi) is 4.36. The molecule has 1 aromatic carbocycles. The highest BCUT2D eigenvalue weighted by Gasteiger charge is 2.30. The Hall–Kier alpha value is -2.83. The van der Waals surface area contributed by atoms with Gasteiger partial charge in [0.2, 0.25) is 0 Å². The summed E-state index contributed by atoms with van der Waals surface area (Å²) in [5.41, 5.74) is 4.85. The molecule has 4 rings (SSSR count). The fraction of sp³-hybridized carbons (Fsp3) is 0.421. The number of nitrogens with one attached hydrogen (secondary N) is 1. The van der Waals surface area contributed by atoms with Gasteiger partial charge in [-0.05, 0) is 25.3 Å². The Balaban J connectivity index is 1.50. The van der Waals surface area contributed by atoms with Crippen molar-refractivity contribution in [3.8, 4) is 11.3 Å². The third kappa shape index (κ3) is 2.83. The van der Waals surface area contributed by atoms with Crippen molar-refractivity contribution in [2.24, 2.45) is 0 Å². The molecule has 26 heavy (non-hydrogen) atoms. The average molecular weight is 354 g/mol. The molecule has 2 aliphatic rings. The van der Waals surface area contributed by atoms with Gasteiger partial charge in [-0.25, -0.2) is 4.79 Å². The number of ether oxygens (including phenoxy) is 1. The quantitative estimate of drug-likeness (QED) is 0.896. The van der Waals surface area contributed by atoms with E-state index in [-0.39, 0.29) is 12.0 Å². The second-order valence-electron chi connectivity index (χ2n) is 6.56. The van der Waals surface area contributed by atoms with E-state index in [9.17, 15) is 9.59 Å². The van der Waals surface area contributed by atoms with Crippen LogP contribution in [0.5, 0.6) is 0 Å². The van der Waals surface area contributed by atoms with E-state index in [1.54, 1.807) is 16.7 Å². The van der Waals surface area contributed by atoms with Crippen LogP contribution in [0.2, 0.25) is 0 Å². The molecule has 2 amide bonds. The van der Waals surface area contributed by atoms with Gasteiger partial charge in [-0.2, -0.15) is 5.10 Å². The van der Waals surface area contributed by atoms with Gasteiger partial charge in [0, 0.05) is 37.3 Å². The van der Waals surface area contributed by atoms with Gasteiger partial charge in [0.05, 0.1) is 12.3 Å². The highest BCUT2D eigenvalue weighted by molar-refractivity contribution is 5.96. The number of aryl methyl sites for hydroxylation is 1. The summed E-state index contributed by atoms with van der Waals surface area (Å²) >= 11 is 0. The van der Waals surface area contributed by atoms with Crippen molar-refractivity contribution in [1.82, 2.24) is 20.0 Å². The molecule has 0 radical (unpaired) electrons. The first-order chi connectivity index (χ1) is 12.7. The number of amides is 2. The van der Waals surface area contributed by atoms with Gasteiger partial charge in [0.15, 0.2) is 0 Å². The molecule has 0 spiro atoms. The number of hydrogen-bond donors (Lipinski definition) is 1. The van der Waals surface area contributed by atoms with Crippen LogP contribution < -0.4 is 0 Å². The van der Waals surface area contributed by atoms with Crippen molar-refractivity contribution < 1.29 is 14.3 Å². The number of rotatable bonds is 2. The molecule has 1 fully saturated rings. The van der Waals surface area contributed by atoms with E-state index in [1.807, 2.05) is 12.1 Å². The Morgan fingerprint density at radius 3 is 2.62 bits per heavy atom. The lowest BCUT2D eigenvalue weighted by atomic mass is 9.89. The zero-order chi connectivity index (χ0) is 18.1. The van der Waals surface area contributed by atoms with Crippen LogP contribution in [0.25, 0.3) is 11.3 Å². The normalized spacial score (nSPS) is 16.0. The lowest BCUT2D eigenvalue weighted by Crippen LogP contribution is -2.51. The van der Waals surface area contributed by atoms with Crippen LogP contribution >= 0.6 is 0 Å². The van der Waals surface area contributed by atoms with E-state index in [2.05, 4.69) is 22.3 Å². The Morgan fingerprint density at radius 1 is 1.12 bits per heavy atom. The number of carbonyl (C=O) groups is 2. The second-order valence-corrected chi connectivity index (χ2v) is 6.56. The molecule has 0 bridgehead atoms. The van der Waals surface area contributed by atoms with Crippen molar-refractivity contribution in [3.05, 3.63) is 41.1 Å². The maximum absolute atomic E-state index is 13.0. The fourth-order valence-corrected chi connectivity index (χ4v) is 3.70. The van der Waals surface area contributed by atoms with Gasteiger partial charge in [0.1, 0.15) is 5.69 Å². The number of H-pyrrole nitrogens is 1. The molecule has 1 aliphatic heterocycles. The van der Waals surface area contributed by atoms with Crippen molar-refractivity contribution in [2.75, 3.05) is 32.8 Å². The van der Waals surface area contributed by atoms with Crippen LogP contribution in [0.1, 0.15) is 28.5 Å². The van der Waals surface area contributed by atoms with E-state index >= 15 is 0 Å². The summed E-state index contributed by atoms with van der Waals surface area (Å²) < 4.78 is 5.02. The molecule has 1 aromatic heterocycles. The van der Waals surface area contributed by atoms with Crippen LogP contribution in [0.3, 0.4) is 0 Å². The monoisotopic (exact) mass is 354 g/mol. The summed E-state index contributed by atoms with van der Waals surface area (Å²) in [6.07, 6.45) is 1.42. The summed E-state index contributed by atoms with van der Waals surface area (Å²) in [4.78, 5) is 28.2. The fourth-order valence-electron chi connectivity index (χ4n) is 3.70. The Labute approximate surface area is 151 Å². The molecule has 1 N–H and O–H groups in total. The van der Waals surface area contributed by atoms with Crippen LogP contribution in [-0.2, 0) is 17.6 Å². The van der Waals surface area contributed by atoms with E-state index < -0.39 is 0 Å². The number of hydrogen-bond acceptors (Lipinski definition) is 4. The highest BCUT2D eigenvalue weighted by Crippen LogP contribution is 2.33. The molecular formula is C19H22N4O3. The van der Waals surface area contributed by atoms with Gasteiger partial charge in [-0.3, -0.25) is 9.89 Å². The summed E-state index contributed by atoms with van der Waals surface area (Å²) in [5.74, 6) is -0.0401. The number of piperazine rings is 1. The molecule has 2 aromatic rings. The number of nitrogens with zero attached hydrogens (tertiary/aromatic N) is 3. The van der Waals surface area contributed by atoms with Crippen LogP contribution in [0.4, 0.5) is 4.79 Å². The minimum absolute atomic E-state index is 0.0401. The highest BCUT2D eigenvalue weighted by atomic mass is 16.6. The molecule has 0 saturated carbocycles. The molecule has 0 atom stereocenters. The number of fused-ring (bicyclic) bond motifs is 3. The molecule has 0 unspecified atom stereocenters. The Bertz CT molecular complexity index is 837. The minimum atomic E-state index is -0.310. The molecule has 136 valence electrons. The maximum atomic E-state index is 13.0. The number of aromatic amines is 1. The SMILES string of the molecule is CCOC(=O)N1CCN(C(=O)c2[nH]nc3c2CCc2ccccc2-3)CC1. The first-order valence-electron chi connectivity index (χ1n) is 9.05. The summed E-state index contributed by atoms with van der Waals surface area (Å²) in [6, 6.07) is 8.20. The van der Waals surface area contributed by atoms with E-state index in [4.69, 9.17) is 4.74 Å². The standard InChI is InChI=1S/C19H22N4O3/c1-2-26-19(25)23-11-9-22(10-12-23)18(24)17-15-8-7-13-5-3-4-6-14(13)16(15)20-21-17/h3-6H,2,7-12H2,1H3,(H,20,21). The van der Waals surface area contributed by atoms with Crippen molar-refractivity contribution in [3.63, 3.8) is 0 Å². The average Bonchev–Trinajstić information content (AvgIpc) is 3.12. The smallest absolute Gasteiger partial charge is 0.409 e. The van der Waals surface area contributed by atoms with Crippen LogP contribution in [-0.4, -0.2) is 64.8 Å². The van der Waals surface area contributed by atoms with E-state index in [1.165, 1.54) is 5.56 Å². The minimum Gasteiger partial charge on any atom is -0.450 e. The van der Waals surface area contributed by atoms with Gasteiger partial charge in [0.25, 0.3) is 5.91 Å². The summed E-state index contributed by atoms with van der Waals surface area (Å²) in [5, 5.41) is 7.39. The van der Waals surface area contributed by atoms with Crippen molar-refractivity contribution >= 4 is 12.0 Å². The third-order valence-electron chi connectivity index (χ3n) is 5.09. The lowest BCUT2D eigenvalue weighted by molar-refractivity contribution is 0.0565. The number of aromatic nitrogens is 2. The first kappa shape index (κ1) is 16.6. The molecule has 7 heteroatoms. The summed E-state index contributed by atoms with van der Waals surface area (Å²) in [6.45, 7) is 4.13. The maximum Gasteiger partial charge on any atom is 0.409 e. The predicted octanol–water partition coefficient (Wildman–Crippen LogP) is 2.09. The van der Waals surface area contributed by atoms with Gasteiger partial charge in [-0.1, -0.05) is 24.3 Å². The number of carbonyl (C=O) groups excluding carboxylic acids is 2.